The Morgan fingerprint density at radius 1 is 1.16 bits per heavy atom. The number of pyridine rings is 1. The zero-order chi connectivity index (χ0) is 18.0. The lowest BCUT2D eigenvalue weighted by Gasteiger charge is -2.10. The van der Waals surface area contributed by atoms with Crippen molar-refractivity contribution in [1.29, 1.82) is 0 Å². The van der Waals surface area contributed by atoms with E-state index in [1.807, 2.05) is 30.3 Å². The Morgan fingerprint density at radius 2 is 1.88 bits per heavy atom. The molecule has 0 saturated heterocycles. The molecule has 0 aliphatic rings. The highest BCUT2D eigenvalue weighted by atomic mass is 79.9. The number of amides is 1. The number of aromatic nitrogens is 1. The number of aromatic amines is 1. The first-order valence-electron chi connectivity index (χ1n) is 7.53. The summed E-state index contributed by atoms with van der Waals surface area (Å²) in [5.74, 6) is -0.939. The first-order valence-corrected chi connectivity index (χ1v) is 9.12. The van der Waals surface area contributed by atoms with E-state index in [0.717, 1.165) is 5.56 Å². The molecule has 0 saturated carbocycles. The van der Waals surface area contributed by atoms with Crippen LogP contribution in [0.15, 0.2) is 56.2 Å². The molecule has 25 heavy (non-hydrogen) atoms. The third-order valence-electron chi connectivity index (χ3n) is 3.78. The second-order valence-corrected chi connectivity index (χ2v) is 7.25. The van der Waals surface area contributed by atoms with Crippen LogP contribution in [0.25, 0.3) is 10.9 Å². The van der Waals surface area contributed by atoms with Gasteiger partial charge in [0.1, 0.15) is 11.3 Å². The molecule has 1 heterocycles. The summed E-state index contributed by atoms with van der Waals surface area (Å²) in [4.78, 5) is 27.3. The van der Waals surface area contributed by atoms with E-state index in [-0.39, 0.29) is 11.3 Å². The monoisotopic (exact) mass is 464 g/mol. The molecular formula is C18H14Br2N2O3. The quantitative estimate of drug-likeness (QED) is 0.549. The molecule has 1 amide bonds. The van der Waals surface area contributed by atoms with E-state index in [1.54, 1.807) is 12.1 Å². The SMILES string of the molecule is O=C(NCCc1ccccc1)c1c(O)c2cc(Br)cc(Br)c2[nH]c1=O. The van der Waals surface area contributed by atoms with Gasteiger partial charge in [-0.15, -0.1) is 0 Å². The molecule has 3 N–H and O–H groups in total. The van der Waals surface area contributed by atoms with Crippen molar-refractivity contribution in [3.8, 4) is 5.75 Å². The number of aromatic hydroxyl groups is 1. The summed E-state index contributed by atoms with van der Waals surface area (Å²) in [6, 6.07) is 13.1. The van der Waals surface area contributed by atoms with E-state index in [1.165, 1.54) is 0 Å². The van der Waals surface area contributed by atoms with E-state index >= 15 is 0 Å². The van der Waals surface area contributed by atoms with Crippen LogP contribution in [-0.4, -0.2) is 22.5 Å². The minimum Gasteiger partial charge on any atom is -0.506 e. The van der Waals surface area contributed by atoms with Gasteiger partial charge in [0, 0.05) is 20.9 Å². The van der Waals surface area contributed by atoms with Crippen LogP contribution in [0.3, 0.4) is 0 Å². The minimum atomic E-state index is -0.634. The first kappa shape index (κ1) is 17.7. The Kier molecular flexibility index (Phi) is 5.24. The number of H-pyrrole nitrogens is 1. The third-order valence-corrected chi connectivity index (χ3v) is 4.86. The summed E-state index contributed by atoms with van der Waals surface area (Å²) in [6.45, 7) is 0.363. The molecule has 0 aliphatic carbocycles. The summed E-state index contributed by atoms with van der Waals surface area (Å²) >= 11 is 6.67. The highest BCUT2D eigenvalue weighted by molar-refractivity contribution is 9.11. The molecule has 0 unspecified atom stereocenters. The number of nitrogens with one attached hydrogen (secondary N) is 2. The van der Waals surface area contributed by atoms with Crippen LogP contribution in [0.1, 0.15) is 15.9 Å². The summed E-state index contributed by atoms with van der Waals surface area (Å²) in [7, 11) is 0. The van der Waals surface area contributed by atoms with Crippen molar-refractivity contribution in [1.82, 2.24) is 10.3 Å². The fourth-order valence-electron chi connectivity index (χ4n) is 2.57. The molecule has 1 aromatic heterocycles. The van der Waals surface area contributed by atoms with E-state index in [0.29, 0.717) is 32.8 Å². The van der Waals surface area contributed by atoms with Crippen LogP contribution in [0.4, 0.5) is 0 Å². The largest absolute Gasteiger partial charge is 0.506 e. The van der Waals surface area contributed by atoms with Crippen molar-refractivity contribution < 1.29 is 9.90 Å². The van der Waals surface area contributed by atoms with E-state index < -0.39 is 11.5 Å². The average Bonchev–Trinajstić information content (AvgIpc) is 2.57. The van der Waals surface area contributed by atoms with Crippen LogP contribution < -0.4 is 10.9 Å². The number of carbonyl (C=O) groups excluding carboxylic acids is 1. The van der Waals surface area contributed by atoms with Crippen LogP contribution in [0.5, 0.6) is 5.75 Å². The fourth-order valence-corrected chi connectivity index (χ4v) is 3.89. The average molecular weight is 466 g/mol. The molecule has 0 fully saturated rings. The molecule has 128 valence electrons. The maximum atomic E-state index is 12.4. The molecule has 3 aromatic rings. The van der Waals surface area contributed by atoms with Gasteiger partial charge in [-0.1, -0.05) is 46.3 Å². The predicted octanol–water partition coefficient (Wildman–Crippen LogP) is 3.73. The Labute approximate surface area is 160 Å². The Balaban J connectivity index is 1.87. The Hall–Kier alpha value is -2.12. The van der Waals surface area contributed by atoms with Gasteiger partial charge < -0.3 is 15.4 Å². The summed E-state index contributed by atoms with van der Waals surface area (Å²) in [5.41, 5.74) is 0.592. The standard InChI is InChI=1S/C18H14Br2N2O3/c19-11-8-12-15(13(20)9-11)22-18(25)14(16(12)23)17(24)21-7-6-10-4-2-1-3-5-10/h1-5,8-9H,6-7H2,(H,21,24)(H2,22,23,25). The number of hydrogen-bond acceptors (Lipinski definition) is 3. The van der Waals surface area contributed by atoms with Crippen molar-refractivity contribution in [2.45, 2.75) is 6.42 Å². The van der Waals surface area contributed by atoms with Gasteiger partial charge in [0.15, 0.2) is 0 Å². The van der Waals surface area contributed by atoms with E-state index in [9.17, 15) is 14.7 Å². The van der Waals surface area contributed by atoms with Gasteiger partial charge >= 0.3 is 0 Å². The van der Waals surface area contributed by atoms with Crippen LogP contribution in [0, 0.1) is 0 Å². The number of rotatable bonds is 4. The summed E-state index contributed by atoms with van der Waals surface area (Å²) in [5, 5.41) is 13.5. The van der Waals surface area contributed by atoms with E-state index in [2.05, 4.69) is 42.2 Å². The molecule has 7 heteroatoms. The van der Waals surface area contributed by atoms with Crippen LogP contribution in [-0.2, 0) is 6.42 Å². The molecular weight excluding hydrogens is 452 g/mol. The molecule has 0 bridgehead atoms. The molecule has 0 atom stereocenters. The molecule has 2 aromatic carbocycles. The first-order chi connectivity index (χ1) is 12.0. The van der Waals surface area contributed by atoms with Gasteiger partial charge in [0.05, 0.1) is 5.52 Å². The zero-order valence-electron chi connectivity index (χ0n) is 13.0. The van der Waals surface area contributed by atoms with Crippen molar-refractivity contribution in [3.05, 3.63) is 72.9 Å². The number of halogens is 2. The van der Waals surface area contributed by atoms with Crippen LogP contribution in [0.2, 0.25) is 0 Å². The maximum Gasteiger partial charge on any atom is 0.265 e. The Bertz CT molecular complexity index is 1000. The van der Waals surface area contributed by atoms with Crippen molar-refractivity contribution in [2.24, 2.45) is 0 Å². The fraction of sp³-hybridized carbons (Fsp3) is 0.111. The highest BCUT2D eigenvalue weighted by Gasteiger charge is 2.20. The van der Waals surface area contributed by atoms with Crippen molar-refractivity contribution in [2.75, 3.05) is 6.54 Å². The lowest BCUT2D eigenvalue weighted by Crippen LogP contribution is -2.31. The highest BCUT2D eigenvalue weighted by Crippen LogP contribution is 2.32. The van der Waals surface area contributed by atoms with Crippen LogP contribution >= 0.6 is 31.9 Å². The van der Waals surface area contributed by atoms with Crippen molar-refractivity contribution in [3.63, 3.8) is 0 Å². The number of carbonyl (C=O) groups is 1. The topological polar surface area (TPSA) is 82.2 Å². The van der Waals surface area contributed by atoms with Gasteiger partial charge in [0.2, 0.25) is 0 Å². The molecule has 0 spiro atoms. The zero-order valence-corrected chi connectivity index (χ0v) is 16.1. The molecule has 5 nitrogen and oxygen atoms in total. The minimum absolute atomic E-state index is 0.287. The maximum absolute atomic E-state index is 12.4. The number of benzene rings is 2. The number of hydrogen-bond donors (Lipinski definition) is 3. The van der Waals surface area contributed by atoms with Gasteiger partial charge in [0.25, 0.3) is 11.5 Å². The van der Waals surface area contributed by atoms with Gasteiger partial charge in [-0.2, -0.15) is 0 Å². The number of fused-ring (bicyclic) bond motifs is 1. The van der Waals surface area contributed by atoms with Crippen molar-refractivity contribution >= 4 is 48.7 Å². The van der Waals surface area contributed by atoms with Gasteiger partial charge in [-0.05, 0) is 40.0 Å². The third kappa shape index (κ3) is 3.77. The smallest absolute Gasteiger partial charge is 0.265 e. The van der Waals surface area contributed by atoms with Gasteiger partial charge in [-0.3, -0.25) is 9.59 Å². The van der Waals surface area contributed by atoms with Gasteiger partial charge in [-0.25, -0.2) is 0 Å². The lowest BCUT2D eigenvalue weighted by atomic mass is 10.1. The lowest BCUT2D eigenvalue weighted by molar-refractivity contribution is 0.0950. The molecule has 3 rings (SSSR count). The second kappa shape index (κ2) is 7.41. The van der Waals surface area contributed by atoms with E-state index in [4.69, 9.17) is 0 Å². The summed E-state index contributed by atoms with van der Waals surface area (Å²) < 4.78 is 1.32. The molecule has 0 aliphatic heterocycles. The second-order valence-electron chi connectivity index (χ2n) is 5.48. The predicted molar refractivity (Wildman–Crippen MR) is 104 cm³/mol. The normalized spacial score (nSPS) is 10.8. The molecule has 0 radical (unpaired) electrons. The summed E-state index contributed by atoms with van der Waals surface area (Å²) in [6.07, 6.45) is 0.635. The Morgan fingerprint density at radius 3 is 2.60 bits per heavy atom.